The Kier molecular flexibility index (Phi) is 9.60. The van der Waals surface area contributed by atoms with Gasteiger partial charge in [-0.15, -0.1) is 0 Å². The lowest BCUT2D eigenvalue weighted by Gasteiger charge is -1.97. The fourth-order valence-electron chi connectivity index (χ4n) is 1.26. The summed E-state index contributed by atoms with van der Waals surface area (Å²) in [5, 5.41) is 17.0. The summed E-state index contributed by atoms with van der Waals surface area (Å²) in [5.41, 5.74) is 0. The van der Waals surface area contributed by atoms with Gasteiger partial charge in [0.2, 0.25) is 0 Å². The van der Waals surface area contributed by atoms with Crippen molar-refractivity contribution in [2.24, 2.45) is 0 Å². The van der Waals surface area contributed by atoms with E-state index in [4.69, 9.17) is 10.0 Å². The molecule has 0 radical (unpaired) electrons. The Morgan fingerprint density at radius 3 is 2.23 bits per heavy atom. The van der Waals surface area contributed by atoms with Gasteiger partial charge >= 0.3 is 7.12 Å². The molecular formula is C10H21BO2. The van der Waals surface area contributed by atoms with E-state index in [0.29, 0.717) is 0 Å². The van der Waals surface area contributed by atoms with Crippen molar-refractivity contribution in [2.45, 2.75) is 51.9 Å². The van der Waals surface area contributed by atoms with E-state index in [1.54, 1.807) is 0 Å². The van der Waals surface area contributed by atoms with E-state index in [0.717, 1.165) is 12.8 Å². The first kappa shape index (κ1) is 12.7. The van der Waals surface area contributed by atoms with Gasteiger partial charge in [0.05, 0.1) is 0 Å². The minimum Gasteiger partial charge on any atom is -0.424 e. The molecular weight excluding hydrogens is 163 g/mol. The van der Waals surface area contributed by atoms with Crippen molar-refractivity contribution in [3.05, 3.63) is 12.1 Å². The van der Waals surface area contributed by atoms with Crippen LogP contribution < -0.4 is 0 Å². The minimum absolute atomic E-state index is 0.962. The van der Waals surface area contributed by atoms with Gasteiger partial charge in [0.15, 0.2) is 0 Å². The van der Waals surface area contributed by atoms with E-state index < -0.39 is 7.12 Å². The molecule has 0 amide bonds. The highest BCUT2D eigenvalue weighted by molar-refractivity contribution is 6.47. The van der Waals surface area contributed by atoms with E-state index in [2.05, 4.69) is 6.92 Å². The Hall–Kier alpha value is -0.275. The molecule has 0 saturated heterocycles. The molecule has 0 fully saturated rings. The molecule has 0 aromatic heterocycles. The fraction of sp³-hybridized carbons (Fsp3) is 0.800. The van der Waals surface area contributed by atoms with Crippen molar-refractivity contribution in [1.29, 1.82) is 0 Å². The van der Waals surface area contributed by atoms with Crippen LogP contribution in [-0.4, -0.2) is 17.2 Å². The van der Waals surface area contributed by atoms with Gasteiger partial charge in [0, 0.05) is 0 Å². The number of hydrogen-bond acceptors (Lipinski definition) is 2. The van der Waals surface area contributed by atoms with Crippen molar-refractivity contribution < 1.29 is 10.0 Å². The average molecular weight is 184 g/mol. The second kappa shape index (κ2) is 9.81. The van der Waals surface area contributed by atoms with Crippen LogP contribution in [0.2, 0.25) is 0 Å². The fourth-order valence-corrected chi connectivity index (χ4v) is 1.26. The highest BCUT2D eigenvalue weighted by Gasteiger charge is 1.96. The van der Waals surface area contributed by atoms with Gasteiger partial charge in [-0.3, -0.25) is 0 Å². The number of rotatable bonds is 8. The third-order valence-corrected chi connectivity index (χ3v) is 2.03. The summed E-state index contributed by atoms with van der Waals surface area (Å²) in [5.74, 6) is 1.42. The lowest BCUT2D eigenvalue weighted by atomic mass is 9.91. The molecule has 0 aliphatic heterocycles. The summed E-state index contributed by atoms with van der Waals surface area (Å²) in [4.78, 5) is 0. The zero-order valence-corrected chi connectivity index (χ0v) is 8.58. The first-order valence-electron chi connectivity index (χ1n) is 5.30. The first-order chi connectivity index (χ1) is 6.27. The van der Waals surface area contributed by atoms with Crippen LogP contribution in [-0.2, 0) is 0 Å². The molecule has 0 saturated carbocycles. The molecule has 2 nitrogen and oxygen atoms in total. The van der Waals surface area contributed by atoms with Gasteiger partial charge < -0.3 is 10.0 Å². The molecule has 0 bridgehead atoms. The quantitative estimate of drug-likeness (QED) is 0.448. The summed E-state index contributed by atoms with van der Waals surface area (Å²) >= 11 is 0. The van der Waals surface area contributed by atoms with Gasteiger partial charge in [0.25, 0.3) is 0 Å². The van der Waals surface area contributed by atoms with Gasteiger partial charge in [-0.2, -0.15) is 0 Å². The first-order valence-corrected chi connectivity index (χ1v) is 5.30. The second-order valence-corrected chi connectivity index (χ2v) is 3.40. The van der Waals surface area contributed by atoms with Crippen LogP contribution in [0.4, 0.5) is 0 Å². The Balaban J connectivity index is 2.99. The number of unbranched alkanes of at least 4 members (excludes halogenated alkanes) is 6. The molecule has 0 rings (SSSR count). The largest absolute Gasteiger partial charge is 0.480 e. The summed E-state index contributed by atoms with van der Waals surface area (Å²) < 4.78 is 0. The van der Waals surface area contributed by atoms with Crippen LogP contribution >= 0.6 is 0 Å². The molecule has 0 spiro atoms. The second-order valence-electron chi connectivity index (χ2n) is 3.40. The smallest absolute Gasteiger partial charge is 0.424 e. The van der Waals surface area contributed by atoms with E-state index in [1.807, 2.05) is 6.08 Å². The molecule has 0 aromatic rings. The molecule has 3 heteroatoms. The molecule has 0 aliphatic rings. The number of allylic oxidation sites excluding steroid dienone is 1. The lowest BCUT2D eigenvalue weighted by Crippen LogP contribution is -2.05. The maximum absolute atomic E-state index is 8.49. The lowest BCUT2D eigenvalue weighted by molar-refractivity contribution is 0.424. The molecule has 2 N–H and O–H groups in total. The topological polar surface area (TPSA) is 40.5 Å². The van der Waals surface area contributed by atoms with Crippen molar-refractivity contribution in [1.82, 2.24) is 0 Å². The normalized spacial score (nSPS) is 11.0. The molecule has 0 atom stereocenters. The van der Waals surface area contributed by atoms with Crippen LogP contribution in [0, 0.1) is 0 Å². The predicted octanol–water partition coefficient (Wildman–Crippen LogP) is 2.31. The van der Waals surface area contributed by atoms with E-state index >= 15 is 0 Å². The van der Waals surface area contributed by atoms with Crippen LogP contribution in [0.5, 0.6) is 0 Å². The Morgan fingerprint density at radius 2 is 1.62 bits per heavy atom. The van der Waals surface area contributed by atoms with Gasteiger partial charge in [-0.05, 0) is 12.8 Å². The molecule has 0 unspecified atom stereocenters. The van der Waals surface area contributed by atoms with Crippen LogP contribution in [0.15, 0.2) is 12.1 Å². The molecule has 0 heterocycles. The van der Waals surface area contributed by atoms with E-state index in [1.165, 1.54) is 38.1 Å². The van der Waals surface area contributed by atoms with Crippen molar-refractivity contribution >= 4 is 7.12 Å². The molecule has 13 heavy (non-hydrogen) atoms. The third kappa shape index (κ3) is 11.7. The Labute approximate surface area is 81.8 Å². The molecule has 0 aliphatic carbocycles. The number of hydrogen-bond donors (Lipinski definition) is 2. The predicted molar refractivity (Wildman–Crippen MR) is 57.3 cm³/mol. The molecule has 0 aromatic carbocycles. The average Bonchev–Trinajstić information content (AvgIpc) is 2.09. The van der Waals surface area contributed by atoms with Crippen molar-refractivity contribution in [3.63, 3.8) is 0 Å². The summed E-state index contributed by atoms with van der Waals surface area (Å²) in [7, 11) is -1.28. The monoisotopic (exact) mass is 184 g/mol. The zero-order chi connectivity index (χ0) is 9.94. The summed E-state index contributed by atoms with van der Waals surface area (Å²) in [6.45, 7) is 2.21. The Bertz CT molecular complexity index is 124. The van der Waals surface area contributed by atoms with Gasteiger partial charge in [0.1, 0.15) is 0 Å². The van der Waals surface area contributed by atoms with E-state index in [-0.39, 0.29) is 0 Å². The van der Waals surface area contributed by atoms with Crippen molar-refractivity contribution in [2.75, 3.05) is 0 Å². The molecule has 76 valence electrons. The zero-order valence-electron chi connectivity index (χ0n) is 8.58. The summed E-state index contributed by atoms with van der Waals surface area (Å²) in [6.07, 6.45) is 10.5. The minimum atomic E-state index is -1.28. The summed E-state index contributed by atoms with van der Waals surface area (Å²) in [6, 6.07) is 0. The third-order valence-electron chi connectivity index (χ3n) is 2.03. The maximum atomic E-state index is 8.49. The van der Waals surface area contributed by atoms with E-state index in [9.17, 15) is 0 Å². The van der Waals surface area contributed by atoms with Crippen LogP contribution in [0.3, 0.4) is 0 Å². The highest BCUT2D eigenvalue weighted by Crippen LogP contribution is 2.06. The standard InChI is InChI=1S/C10H21BO2/c1-2-3-4-5-6-7-8-9-10-11(12)13/h9-10,12-13H,2-8H2,1H3/b10-9+. The Morgan fingerprint density at radius 1 is 1.00 bits per heavy atom. The van der Waals surface area contributed by atoms with Crippen LogP contribution in [0.25, 0.3) is 0 Å². The van der Waals surface area contributed by atoms with Gasteiger partial charge in [-0.25, -0.2) is 0 Å². The highest BCUT2D eigenvalue weighted by atomic mass is 16.4. The van der Waals surface area contributed by atoms with Crippen LogP contribution in [0.1, 0.15) is 51.9 Å². The SMILES string of the molecule is CCCCCCCC/C=C/B(O)O. The van der Waals surface area contributed by atoms with Crippen molar-refractivity contribution in [3.8, 4) is 0 Å². The maximum Gasteiger partial charge on any atom is 0.480 e. The van der Waals surface area contributed by atoms with Gasteiger partial charge in [-0.1, -0.05) is 51.1 Å².